The molecule has 4 heteroatoms. The Kier molecular flexibility index (Phi) is 3.88. The van der Waals surface area contributed by atoms with Crippen molar-refractivity contribution in [3.8, 4) is 5.82 Å². The van der Waals surface area contributed by atoms with Crippen LogP contribution in [0.15, 0.2) is 30.6 Å². The molecule has 2 aromatic rings. The molecule has 90 valence electrons. The third-order valence-corrected chi connectivity index (χ3v) is 2.47. The van der Waals surface area contributed by atoms with Crippen molar-refractivity contribution in [2.45, 2.75) is 26.8 Å². The Hall–Kier alpha value is -1.68. The number of aromatic nitrogens is 3. The Morgan fingerprint density at radius 3 is 2.94 bits per heavy atom. The molecule has 0 atom stereocenters. The van der Waals surface area contributed by atoms with Crippen LogP contribution in [0.5, 0.6) is 0 Å². The smallest absolute Gasteiger partial charge is 0.153 e. The third kappa shape index (κ3) is 3.14. The van der Waals surface area contributed by atoms with Crippen molar-refractivity contribution in [1.82, 2.24) is 20.1 Å². The molecule has 0 amide bonds. The summed E-state index contributed by atoms with van der Waals surface area (Å²) in [5, 5.41) is 7.60. The van der Waals surface area contributed by atoms with Crippen molar-refractivity contribution in [3.63, 3.8) is 0 Å². The first-order valence-corrected chi connectivity index (χ1v) is 5.98. The second-order valence-corrected chi connectivity index (χ2v) is 4.13. The lowest BCUT2D eigenvalue weighted by Gasteiger charge is -2.05. The summed E-state index contributed by atoms with van der Waals surface area (Å²) >= 11 is 0. The first-order valence-electron chi connectivity index (χ1n) is 5.98. The van der Waals surface area contributed by atoms with Gasteiger partial charge in [0, 0.05) is 12.7 Å². The van der Waals surface area contributed by atoms with E-state index in [1.807, 2.05) is 37.5 Å². The number of pyridine rings is 1. The summed E-state index contributed by atoms with van der Waals surface area (Å²) in [6, 6.07) is 6.01. The summed E-state index contributed by atoms with van der Waals surface area (Å²) in [6.07, 6.45) is 4.95. The molecule has 0 unspecified atom stereocenters. The highest BCUT2D eigenvalue weighted by molar-refractivity contribution is 5.24. The van der Waals surface area contributed by atoms with Gasteiger partial charge in [0.1, 0.15) is 0 Å². The van der Waals surface area contributed by atoms with Gasteiger partial charge in [-0.1, -0.05) is 13.0 Å². The molecular weight excluding hydrogens is 212 g/mol. The zero-order valence-corrected chi connectivity index (χ0v) is 10.3. The molecule has 0 fully saturated rings. The first-order chi connectivity index (χ1) is 8.29. The van der Waals surface area contributed by atoms with E-state index in [4.69, 9.17) is 0 Å². The minimum absolute atomic E-state index is 0.807. The fourth-order valence-electron chi connectivity index (χ4n) is 1.62. The van der Waals surface area contributed by atoms with Crippen LogP contribution >= 0.6 is 0 Å². The largest absolute Gasteiger partial charge is 0.311 e. The maximum Gasteiger partial charge on any atom is 0.153 e. The fourth-order valence-corrected chi connectivity index (χ4v) is 1.62. The Morgan fingerprint density at radius 2 is 2.24 bits per heavy atom. The molecule has 0 aliphatic heterocycles. The molecule has 0 spiro atoms. The number of aryl methyl sites for hydroxylation is 1. The van der Waals surface area contributed by atoms with Gasteiger partial charge in [0.25, 0.3) is 0 Å². The number of nitrogens with one attached hydrogen (secondary N) is 1. The summed E-state index contributed by atoms with van der Waals surface area (Å²) in [5.74, 6) is 0.869. The molecule has 17 heavy (non-hydrogen) atoms. The van der Waals surface area contributed by atoms with E-state index >= 15 is 0 Å². The van der Waals surface area contributed by atoms with Gasteiger partial charge in [-0.05, 0) is 37.6 Å². The molecule has 0 saturated heterocycles. The number of rotatable bonds is 5. The van der Waals surface area contributed by atoms with E-state index in [2.05, 4.69) is 22.3 Å². The zero-order valence-electron chi connectivity index (χ0n) is 10.3. The van der Waals surface area contributed by atoms with Gasteiger partial charge in [0.05, 0.1) is 11.9 Å². The topological polar surface area (TPSA) is 42.7 Å². The SMILES string of the molecule is CCCNCc1cccc(-n2cc(C)cn2)n1. The number of hydrogen-bond donors (Lipinski definition) is 1. The normalized spacial score (nSPS) is 10.7. The van der Waals surface area contributed by atoms with Crippen molar-refractivity contribution in [2.24, 2.45) is 0 Å². The van der Waals surface area contributed by atoms with Crippen molar-refractivity contribution < 1.29 is 0 Å². The van der Waals surface area contributed by atoms with E-state index in [9.17, 15) is 0 Å². The van der Waals surface area contributed by atoms with Gasteiger partial charge in [-0.25, -0.2) is 9.67 Å². The van der Waals surface area contributed by atoms with Gasteiger partial charge in [-0.3, -0.25) is 0 Å². The van der Waals surface area contributed by atoms with Gasteiger partial charge < -0.3 is 5.32 Å². The van der Waals surface area contributed by atoms with Gasteiger partial charge >= 0.3 is 0 Å². The van der Waals surface area contributed by atoms with Crippen LogP contribution in [-0.2, 0) is 6.54 Å². The fraction of sp³-hybridized carbons (Fsp3) is 0.385. The average molecular weight is 230 g/mol. The standard InChI is InChI=1S/C13H18N4/c1-3-7-14-9-12-5-4-6-13(16-12)17-10-11(2)8-15-17/h4-6,8,10,14H,3,7,9H2,1-2H3. The summed E-state index contributed by atoms with van der Waals surface area (Å²) < 4.78 is 1.80. The zero-order chi connectivity index (χ0) is 12.1. The van der Waals surface area contributed by atoms with E-state index in [0.717, 1.165) is 36.6 Å². The molecule has 0 radical (unpaired) electrons. The minimum atomic E-state index is 0.807. The predicted molar refractivity (Wildman–Crippen MR) is 68.1 cm³/mol. The van der Waals surface area contributed by atoms with Gasteiger partial charge in [0.2, 0.25) is 0 Å². The van der Waals surface area contributed by atoms with E-state index in [0.29, 0.717) is 0 Å². The molecule has 2 aromatic heterocycles. The first kappa shape index (κ1) is 11.8. The van der Waals surface area contributed by atoms with Crippen LogP contribution in [0.1, 0.15) is 24.6 Å². The highest BCUT2D eigenvalue weighted by Gasteiger charge is 2.01. The molecule has 2 rings (SSSR count). The minimum Gasteiger partial charge on any atom is -0.311 e. The predicted octanol–water partition coefficient (Wildman–Crippen LogP) is 2.08. The highest BCUT2D eigenvalue weighted by Crippen LogP contribution is 2.06. The lowest BCUT2D eigenvalue weighted by atomic mass is 10.3. The molecule has 4 nitrogen and oxygen atoms in total. The summed E-state index contributed by atoms with van der Waals surface area (Å²) in [4.78, 5) is 4.57. The van der Waals surface area contributed by atoms with Crippen LogP contribution in [0, 0.1) is 6.92 Å². The monoisotopic (exact) mass is 230 g/mol. The molecular formula is C13H18N4. The molecule has 0 saturated carbocycles. The quantitative estimate of drug-likeness (QED) is 0.800. The number of hydrogen-bond acceptors (Lipinski definition) is 3. The molecule has 0 aliphatic carbocycles. The average Bonchev–Trinajstić information content (AvgIpc) is 2.77. The van der Waals surface area contributed by atoms with Gasteiger partial charge in [0.15, 0.2) is 5.82 Å². The summed E-state index contributed by atoms with van der Waals surface area (Å²) in [7, 11) is 0. The van der Waals surface area contributed by atoms with Crippen molar-refractivity contribution >= 4 is 0 Å². The van der Waals surface area contributed by atoms with E-state index < -0.39 is 0 Å². The van der Waals surface area contributed by atoms with Crippen molar-refractivity contribution in [1.29, 1.82) is 0 Å². The van der Waals surface area contributed by atoms with Crippen LogP contribution in [-0.4, -0.2) is 21.3 Å². The number of nitrogens with zero attached hydrogens (tertiary/aromatic N) is 3. The second-order valence-electron chi connectivity index (χ2n) is 4.13. The molecule has 0 aliphatic rings. The van der Waals surface area contributed by atoms with Gasteiger partial charge in [-0.2, -0.15) is 5.10 Å². The third-order valence-electron chi connectivity index (χ3n) is 2.47. The molecule has 1 N–H and O–H groups in total. The molecule has 0 bridgehead atoms. The van der Waals surface area contributed by atoms with E-state index in [-0.39, 0.29) is 0 Å². The molecule has 2 heterocycles. The van der Waals surface area contributed by atoms with E-state index in [1.54, 1.807) is 4.68 Å². The maximum atomic E-state index is 4.57. The molecule has 0 aromatic carbocycles. The van der Waals surface area contributed by atoms with Crippen LogP contribution in [0.2, 0.25) is 0 Å². The van der Waals surface area contributed by atoms with Crippen molar-refractivity contribution in [2.75, 3.05) is 6.54 Å². The van der Waals surface area contributed by atoms with Crippen molar-refractivity contribution in [3.05, 3.63) is 41.9 Å². The van der Waals surface area contributed by atoms with E-state index in [1.165, 1.54) is 0 Å². The second kappa shape index (κ2) is 5.59. The van der Waals surface area contributed by atoms with Crippen LogP contribution < -0.4 is 5.32 Å². The highest BCUT2D eigenvalue weighted by atomic mass is 15.3. The lowest BCUT2D eigenvalue weighted by Crippen LogP contribution is -2.15. The Balaban J connectivity index is 2.11. The van der Waals surface area contributed by atoms with Crippen LogP contribution in [0.3, 0.4) is 0 Å². The van der Waals surface area contributed by atoms with Crippen LogP contribution in [0.25, 0.3) is 5.82 Å². The summed E-state index contributed by atoms with van der Waals surface area (Å²) in [5.41, 5.74) is 2.19. The summed E-state index contributed by atoms with van der Waals surface area (Å²) in [6.45, 7) is 6.01. The van der Waals surface area contributed by atoms with Crippen LogP contribution in [0.4, 0.5) is 0 Å². The maximum absolute atomic E-state index is 4.57. The Labute approximate surface area is 102 Å². The Bertz CT molecular complexity index is 476. The Morgan fingerprint density at radius 1 is 1.35 bits per heavy atom. The van der Waals surface area contributed by atoms with Gasteiger partial charge in [-0.15, -0.1) is 0 Å². The lowest BCUT2D eigenvalue weighted by molar-refractivity contribution is 0.661.